The Labute approximate surface area is 309 Å². The standard InChI is InChI=1S/C50H36N2O/c1-50(2)44-19-11-9-18-42(44)43-32-39(27-29-45(43)50)52(46-20-12-10-17-40(46)34-13-5-3-6-14-34)38-25-21-33(22-26-38)36-23-28-41-37(31-36)24-30-47-48(41)51-49(53-47)35-15-7-4-8-16-35/h3-32H,1-2H3. The zero-order chi connectivity index (χ0) is 35.5. The summed E-state index contributed by atoms with van der Waals surface area (Å²) in [5, 5.41) is 2.21. The van der Waals surface area contributed by atoms with E-state index < -0.39 is 0 Å². The van der Waals surface area contributed by atoms with Gasteiger partial charge in [0.25, 0.3) is 0 Å². The van der Waals surface area contributed by atoms with Crippen molar-refractivity contribution in [1.82, 2.24) is 4.98 Å². The Bertz CT molecular complexity index is 2800. The van der Waals surface area contributed by atoms with Crippen molar-refractivity contribution in [3.05, 3.63) is 193 Å². The van der Waals surface area contributed by atoms with Crippen molar-refractivity contribution in [1.29, 1.82) is 0 Å². The number of nitrogens with zero attached hydrogens (tertiary/aromatic N) is 2. The minimum Gasteiger partial charge on any atom is -0.436 e. The van der Waals surface area contributed by atoms with Gasteiger partial charge in [-0.25, -0.2) is 4.98 Å². The molecule has 3 heteroatoms. The first kappa shape index (κ1) is 31.1. The fraction of sp³-hybridized carbons (Fsp3) is 0.0600. The van der Waals surface area contributed by atoms with Crippen molar-refractivity contribution in [3.63, 3.8) is 0 Å². The fourth-order valence-electron chi connectivity index (χ4n) is 8.21. The third kappa shape index (κ3) is 5.16. The lowest BCUT2D eigenvalue weighted by Gasteiger charge is -2.29. The first-order chi connectivity index (χ1) is 26.0. The van der Waals surface area contributed by atoms with Crippen LogP contribution in [0.5, 0.6) is 0 Å². The number of hydrogen-bond donors (Lipinski definition) is 0. The van der Waals surface area contributed by atoms with Gasteiger partial charge in [0.1, 0.15) is 5.52 Å². The fourth-order valence-corrected chi connectivity index (χ4v) is 8.21. The SMILES string of the molecule is CC1(C)c2ccccc2-c2cc(N(c3ccc(-c4ccc5c(ccc6oc(-c7ccccc7)nc65)c4)cc3)c3ccccc3-c3ccccc3)ccc21. The third-order valence-electron chi connectivity index (χ3n) is 10.9. The molecule has 9 aromatic rings. The predicted octanol–water partition coefficient (Wildman–Crippen LogP) is 13.8. The van der Waals surface area contributed by atoms with Crippen molar-refractivity contribution in [2.45, 2.75) is 19.3 Å². The molecule has 0 unspecified atom stereocenters. The first-order valence-electron chi connectivity index (χ1n) is 18.2. The second-order valence-electron chi connectivity index (χ2n) is 14.4. The van der Waals surface area contributed by atoms with E-state index in [-0.39, 0.29) is 5.41 Å². The van der Waals surface area contributed by atoms with Crippen LogP contribution < -0.4 is 4.90 Å². The molecule has 0 amide bonds. The molecule has 1 aliphatic rings. The molecule has 1 aliphatic carbocycles. The van der Waals surface area contributed by atoms with Crippen LogP contribution in [0.15, 0.2) is 186 Å². The molecule has 0 aliphatic heterocycles. The van der Waals surface area contributed by atoms with Gasteiger partial charge in [0.2, 0.25) is 5.89 Å². The van der Waals surface area contributed by atoms with Crippen LogP contribution in [0.1, 0.15) is 25.0 Å². The molecule has 3 nitrogen and oxygen atoms in total. The molecule has 0 spiro atoms. The highest BCUT2D eigenvalue weighted by Crippen LogP contribution is 2.51. The van der Waals surface area contributed by atoms with E-state index in [0.29, 0.717) is 5.89 Å². The summed E-state index contributed by atoms with van der Waals surface area (Å²) in [5.41, 5.74) is 16.0. The molecule has 0 saturated carbocycles. The molecule has 53 heavy (non-hydrogen) atoms. The molecule has 0 saturated heterocycles. The van der Waals surface area contributed by atoms with Crippen molar-refractivity contribution in [2.24, 2.45) is 0 Å². The Kier molecular flexibility index (Phi) is 7.16. The zero-order valence-corrected chi connectivity index (χ0v) is 29.6. The molecular weight excluding hydrogens is 645 g/mol. The average Bonchev–Trinajstić information content (AvgIpc) is 3.76. The second-order valence-corrected chi connectivity index (χ2v) is 14.4. The largest absolute Gasteiger partial charge is 0.436 e. The van der Waals surface area contributed by atoms with E-state index in [1.165, 1.54) is 33.4 Å². The summed E-state index contributed by atoms with van der Waals surface area (Å²) < 4.78 is 6.16. The van der Waals surface area contributed by atoms with Gasteiger partial charge in [-0.2, -0.15) is 0 Å². The zero-order valence-electron chi connectivity index (χ0n) is 29.6. The summed E-state index contributed by atoms with van der Waals surface area (Å²) in [6, 6.07) is 65.1. The number of hydrogen-bond acceptors (Lipinski definition) is 3. The molecule has 0 radical (unpaired) electrons. The van der Waals surface area contributed by atoms with Crippen molar-refractivity contribution in [3.8, 4) is 44.8 Å². The summed E-state index contributed by atoms with van der Waals surface area (Å²) in [7, 11) is 0. The molecule has 0 N–H and O–H groups in total. The van der Waals surface area contributed by atoms with E-state index in [0.717, 1.165) is 55.6 Å². The lowest BCUT2D eigenvalue weighted by Crippen LogP contribution is -2.15. The Hall–Kier alpha value is -6.71. The van der Waals surface area contributed by atoms with Gasteiger partial charge in [-0.1, -0.05) is 141 Å². The minimum absolute atomic E-state index is 0.0532. The van der Waals surface area contributed by atoms with Gasteiger partial charge in [0.15, 0.2) is 5.58 Å². The van der Waals surface area contributed by atoms with Crippen LogP contribution in [0.2, 0.25) is 0 Å². The third-order valence-corrected chi connectivity index (χ3v) is 10.9. The van der Waals surface area contributed by atoms with E-state index in [4.69, 9.17) is 9.40 Å². The van der Waals surface area contributed by atoms with E-state index in [2.05, 4.69) is 164 Å². The highest BCUT2D eigenvalue weighted by Gasteiger charge is 2.35. The van der Waals surface area contributed by atoms with E-state index in [1.807, 2.05) is 36.4 Å². The lowest BCUT2D eigenvalue weighted by molar-refractivity contribution is 0.620. The first-order valence-corrected chi connectivity index (χ1v) is 18.2. The van der Waals surface area contributed by atoms with Crippen LogP contribution in [0, 0.1) is 0 Å². The number of benzene rings is 8. The summed E-state index contributed by atoms with van der Waals surface area (Å²) in [4.78, 5) is 7.31. The van der Waals surface area contributed by atoms with Crippen LogP contribution in [0.25, 0.3) is 66.7 Å². The van der Waals surface area contributed by atoms with Crippen molar-refractivity contribution >= 4 is 38.9 Å². The number of oxazole rings is 1. The van der Waals surface area contributed by atoms with Gasteiger partial charge in [-0.05, 0) is 98.9 Å². The molecule has 0 fully saturated rings. The van der Waals surface area contributed by atoms with Crippen LogP contribution in [-0.4, -0.2) is 4.98 Å². The van der Waals surface area contributed by atoms with Crippen molar-refractivity contribution < 1.29 is 4.42 Å². The number of anilines is 3. The van der Waals surface area contributed by atoms with Crippen LogP contribution in [-0.2, 0) is 5.41 Å². The summed E-state index contributed by atoms with van der Waals surface area (Å²) in [6.45, 7) is 4.67. The Morgan fingerprint density at radius 3 is 1.91 bits per heavy atom. The lowest BCUT2D eigenvalue weighted by atomic mass is 9.82. The Morgan fingerprint density at radius 1 is 0.472 bits per heavy atom. The summed E-state index contributed by atoms with van der Waals surface area (Å²) >= 11 is 0. The maximum atomic E-state index is 6.16. The van der Waals surface area contributed by atoms with E-state index in [1.54, 1.807) is 0 Å². The van der Waals surface area contributed by atoms with Crippen LogP contribution >= 0.6 is 0 Å². The van der Waals surface area contributed by atoms with Gasteiger partial charge in [0.05, 0.1) is 5.69 Å². The normalized spacial score (nSPS) is 12.9. The van der Waals surface area contributed by atoms with Gasteiger partial charge in [0, 0.05) is 33.3 Å². The van der Waals surface area contributed by atoms with Crippen LogP contribution in [0.4, 0.5) is 17.1 Å². The van der Waals surface area contributed by atoms with Gasteiger partial charge >= 0.3 is 0 Å². The molecule has 8 aromatic carbocycles. The predicted molar refractivity (Wildman–Crippen MR) is 220 cm³/mol. The summed E-state index contributed by atoms with van der Waals surface area (Å²) in [5.74, 6) is 0.641. The topological polar surface area (TPSA) is 29.3 Å². The Morgan fingerprint density at radius 2 is 1.11 bits per heavy atom. The van der Waals surface area contributed by atoms with Gasteiger partial charge < -0.3 is 9.32 Å². The van der Waals surface area contributed by atoms with E-state index in [9.17, 15) is 0 Å². The summed E-state index contributed by atoms with van der Waals surface area (Å²) in [6.07, 6.45) is 0. The molecular formula is C50H36N2O. The Balaban J connectivity index is 1.07. The smallest absolute Gasteiger partial charge is 0.227 e. The number of rotatable bonds is 6. The highest BCUT2D eigenvalue weighted by atomic mass is 16.3. The average molecular weight is 681 g/mol. The molecule has 0 bridgehead atoms. The minimum atomic E-state index is -0.0532. The maximum Gasteiger partial charge on any atom is 0.227 e. The highest BCUT2D eigenvalue weighted by molar-refractivity contribution is 6.05. The van der Waals surface area contributed by atoms with Gasteiger partial charge in [-0.15, -0.1) is 0 Å². The number of fused-ring (bicyclic) bond motifs is 6. The maximum absolute atomic E-state index is 6.16. The van der Waals surface area contributed by atoms with Gasteiger partial charge in [-0.3, -0.25) is 0 Å². The van der Waals surface area contributed by atoms with E-state index >= 15 is 0 Å². The molecule has 1 aromatic heterocycles. The molecule has 0 atom stereocenters. The van der Waals surface area contributed by atoms with Crippen molar-refractivity contribution in [2.75, 3.05) is 4.90 Å². The number of aromatic nitrogens is 1. The quantitative estimate of drug-likeness (QED) is 0.175. The molecule has 10 rings (SSSR count). The second kappa shape index (κ2) is 12.2. The molecule has 1 heterocycles. The monoisotopic (exact) mass is 680 g/mol. The number of para-hydroxylation sites is 1. The molecule has 252 valence electrons. The van der Waals surface area contributed by atoms with Crippen LogP contribution in [0.3, 0.4) is 0 Å².